The summed E-state index contributed by atoms with van der Waals surface area (Å²) in [6.45, 7) is 8.12. The van der Waals surface area contributed by atoms with Crippen LogP contribution in [-0.2, 0) is 9.53 Å². The van der Waals surface area contributed by atoms with Gasteiger partial charge < -0.3 is 19.5 Å². The molecule has 0 aromatic carbocycles. The zero-order valence-electron chi connectivity index (χ0n) is 11.4. The summed E-state index contributed by atoms with van der Waals surface area (Å²) in [5.74, 6) is 0.578. The van der Waals surface area contributed by atoms with E-state index in [0.29, 0.717) is 25.6 Å². The van der Waals surface area contributed by atoms with Crippen molar-refractivity contribution >= 4 is 12.4 Å². The average molecular weight is 257 g/mol. The van der Waals surface area contributed by atoms with Crippen molar-refractivity contribution in [3.05, 3.63) is 0 Å². The summed E-state index contributed by atoms with van der Waals surface area (Å²) in [5, 5.41) is 9.07. The van der Waals surface area contributed by atoms with Crippen LogP contribution in [0.3, 0.4) is 0 Å². The van der Waals surface area contributed by atoms with E-state index in [4.69, 9.17) is 9.84 Å². The average Bonchev–Trinajstić information content (AvgIpc) is 2.28. The maximum Gasteiger partial charge on any atom is 0.407 e. The molecule has 18 heavy (non-hydrogen) atoms. The van der Waals surface area contributed by atoms with E-state index < -0.39 is 6.09 Å². The van der Waals surface area contributed by atoms with Crippen LogP contribution in [0, 0.1) is 17.3 Å². The lowest BCUT2D eigenvalue weighted by Gasteiger charge is -2.43. The summed E-state index contributed by atoms with van der Waals surface area (Å²) in [5.41, 5.74) is 0.0311. The predicted octanol–water partition coefficient (Wildman–Crippen LogP) is 1.86. The van der Waals surface area contributed by atoms with Gasteiger partial charge in [-0.25, -0.2) is 4.79 Å². The first-order valence-electron chi connectivity index (χ1n) is 6.35. The van der Waals surface area contributed by atoms with E-state index in [1.54, 1.807) is 0 Å². The number of likely N-dealkylation sites (tertiary alicyclic amines) is 1. The van der Waals surface area contributed by atoms with Crippen LogP contribution in [0.1, 0.15) is 27.2 Å². The molecule has 2 unspecified atom stereocenters. The zero-order chi connectivity index (χ0) is 13.8. The lowest BCUT2D eigenvalue weighted by Crippen LogP contribution is -2.48. The fourth-order valence-corrected chi connectivity index (χ4v) is 2.62. The van der Waals surface area contributed by atoms with Crippen molar-refractivity contribution in [1.29, 1.82) is 0 Å². The van der Waals surface area contributed by atoms with Gasteiger partial charge in [0.25, 0.3) is 0 Å². The van der Waals surface area contributed by atoms with Crippen LogP contribution in [0.2, 0.25) is 0 Å². The van der Waals surface area contributed by atoms with Gasteiger partial charge in [-0.15, -0.1) is 0 Å². The monoisotopic (exact) mass is 257 g/mol. The zero-order valence-corrected chi connectivity index (χ0v) is 11.4. The first-order valence-corrected chi connectivity index (χ1v) is 6.35. The van der Waals surface area contributed by atoms with Gasteiger partial charge in [-0.1, -0.05) is 20.8 Å². The number of carboxylic acid groups (broad SMARTS) is 1. The van der Waals surface area contributed by atoms with Crippen LogP contribution in [0.15, 0.2) is 0 Å². The minimum Gasteiger partial charge on any atom is -0.465 e. The van der Waals surface area contributed by atoms with Gasteiger partial charge in [-0.3, -0.25) is 0 Å². The summed E-state index contributed by atoms with van der Waals surface area (Å²) < 4.78 is 5.31. The molecule has 0 aliphatic carbocycles. The molecule has 5 nitrogen and oxygen atoms in total. The minimum absolute atomic E-state index is 0.0311. The second-order valence-electron chi connectivity index (χ2n) is 5.95. The Hall–Kier alpha value is -1.10. The van der Waals surface area contributed by atoms with Crippen molar-refractivity contribution in [3.63, 3.8) is 0 Å². The van der Waals surface area contributed by atoms with Gasteiger partial charge in [0.05, 0.1) is 6.61 Å². The van der Waals surface area contributed by atoms with Gasteiger partial charge in [0.15, 0.2) is 0 Å². The van der Waals surface area contributed by atoms with E-state index >= 15 is 0 Å². The van der Waals surface area contributed by atoms with Crippen molar-refractivity contribution in [3.8, 4) is 0 Å². The highest BCUT2D eigenvalue weighted by atomic mass is 16.5. The third kappa shape index (κ3) is 3.98. The molecule has 1 amide bonds. The van der Waals surface area contributed by atoms with E-state index in [2.05, 4.69) is 20.8 Å². The van der Waals surface area contributed by atoms with Gasteiger partial charge in [-0.2, -0.15) is 0 Å². The highest BCUT2D eigenvalue weighted by Gasteiger charge is 2.38. The Kier molecular flexibility index (Phi) is 5.14. The molecule has 0 spiro atoms. The summed E-state index contributed by atoms with van der Waals surface area (Å²) in [6, 6.07) is 0. The molecule has 1 saturated heterocycles. The quantitative estimate of drug-likeness (QED) is 0.616. The fourth-order valence-electron chi connectivity index (χ4n) is 2.62. The lowest BCUT2D eigenvalue weighted by molar-refractivity contribution is -0.113. The molecule has 0 radical (unpaired) electrons. The van der Waals surface area contributed by atoms with E-state index in [0.717, 1.165) is 12.7 Å². The first-order chi connectivity index (χ1) is 8.36. The topological polar surface area (TPSA) is 66.8 Å². The standard InChI is InChI=1S/C13H23NO4/c1-13(2,3)11-8-14(12(16)17)5-4-10(11)9-18-7-6-15/h6,10-11H,4-5,7-9H2,1-3H3,(H,16,17). The van der Waals surface area contributed by atoms with Gasteiger partial charge >= 0.3 is 6.09 Å². The molecule has 1 N–H and O–H groups in total. The number of ether oxygens (including phenoxy) is 1. The van der Waals surface area contributed by atoms with E-state index in [9.17, 15) is 9.59 Å². The summed E-state index contributed by atoms with van der Waals surface area (Å²) in [7, 11) is 0. The number of hydrogen-bond acceptors (Lipinski definition) is 3. The Labute approximate surface area is 108 Å². The van der Waals surface area contributed by atoms with Crippen molar-refractivity contribution in [2.75, 3.05) is 26.3 Å². The normalized spacial score (nSPS) is 24.9. The number of hydrogen-bond donors (Lipinski definition) is 1. The molecule has 1 rings (SSSR count). The lowest BCUT2D eigenvalue weighted by atomic mass is 9.70. The Balaban J connectivity index is 2.66. The molecule has 1 fully saturated rings. The van der Waals surface area contributed by atoms with Crippen LogP contribution >= 0.6 is 0 Å². The van der Waals surface area contributed by atoms with Crippen molar-refractivity contribution in [2.24, 2.45) is 17.3 Å². The van der Waals surface area contributed by atoms with E-state index in [1.807, 2.05) is 0 Å². The highest BCUT2D eigenvalue weighted by molar-refractivity contribution is 5.65. The predicted molar refractivity (Wildman–Crippen MR) is 67.5 cm³/mol. The van der Waals surface area contributed by atoms with E-state index in [1.165, 1.54) is 4.90 Å². The molecule has 5 heteroatoms. The Bertz CT molecular complexity index is 298. The van der Waals surface area contributed by atoms with Crippen molar-refractivity contribution in [2.45, 2.75) is 27.2 Å². The number of carbonyl (C=O) groups is 2. The third-order valence-electron chi connectivity index (χ3n) is 3.66. The molecule has 0 saturated carbocycles. The molecule has 1 aliphatic heterocycles. The Morgan fingerprint density at radius 2 is 2.17 bits per heavy atom. The highest BCUT2D eigenvalue weighted by Crippen LogP contribution is 2.37. The number of carbonyl (C=O) groups excluding carboxylic acids is 1. The van der Waals surface area contributed by atoms with Crippen LogP contribution in [0.25, 0.3) is 0 Å². The summed E-state index contributed by atoms with van der Waals surface area (Å²) in [4.78, 5) is 22.8. The first kappa shape index (κ1) is 15.0. The van der Waals surface area contributed by atoms with Crippen molar-refractivity contribution in [1.82, 2.24) is 4.90 Å². The molecule has 0 aromatic rings. The number of aldehydes is 1. The number of amides is 1. The van der Waals surface area contributed by atoms with Crippen LogP contribution in [0.4, 0.5) is 4.79 Å². The second-order valence-corrected chi connectivity index (χ2v) is 5.95. The number of nitrogens with zero attached hydrogens (tertiary/aromatic N) is 1. The molecule has 104 valence electrons. The Morgan fingerprint density at radius 1 is 1.50 bits per heavy atom. The number of rotatable bonds is 4. The van der Waals surface area contributed by atoms with Crippen LogP contribution in [-0.4, -0.2) is 48.7 Å². The van der Waals surface area contributed by atoms with E-state index in [-0.39, 0.29) is 17.9 Å². The minimum atomic E-state index is -0.850. The van der Waals surface area contributed by atoms with Crippen LogP contribution in [0.5, 0.6) is 0 Å². The van der Waals surface area contributed by atoms with Gasteiger partial charge in [0, 0.05) is 13.1 Å². The fraction of sp³-hybridized carbons (Fsp3) is 0.846. The van der Waals surface area contributed by atoms with Crippen LogP contribution < -0.4 is 0 Å². The second kappa shape index (κ2) is 6.18. The molecule has 1 aliphatic rings. The molecule has 0 aromatic heterocycles. The molecule has 0 bridgehead atoms. The third-order valence-corrected chi connectivity index (χ3v) is 3.66. The number of piperidine rings is 1. The Morgan fingerprint density at radius 3 is 2.67 bits per heavy atom. The largest absolute Gasteiger partial charge is 0.465 e. The van der Waals surface area contributed by atoms with Gasteiger partial charge in [-0.05, 0) is 23.7 Å². The van der Waals surface area contributed by atoms with Crippen molar-refractivity contribution < 1.29 is 19.4 Å². The smallest absolute Gasteiger partial charge is 0.407 e. The SMILES string of the molecule is CC(C)(C)C1CN(C(=O)O)CCC1COCC=O. The maximum absolute atomic E-state index is 11.0. The molecular formula is C13H23NO4. The molecule has 2 atom stereocenters. The van der Waals surface area contributed by atoms with Gasteiger partial charge in [0.2, 0.25) is 0 Å². The summed E-state index contributed by atoms with van der Waals surface area (Å²) >= 11 is 0. The molecule has 1 heterocycles. The van der Waals surface area contributed by atoms with Gasteiger partial charge in [0.1, 0.15) is 12.9 Å². The summed E-state index contributed by atoms with van der Waals surface area (Å²) in [6.07, 6.45) is 0.697. The molecular weight excluding hydrogens is 234 g/mol. The maximum atomic E-state index is 11.0.